The van der Waals surface area contributed by atoms with Crippen molar-refractivity contribution in [1.82, 2.24) is 20.2 Å². The lowest BCUT2D eigenvalue weighted by Gasteiger charge is -2.29. The third-order valence-electron chi connectivity index (χ3n) is 7.73. The van der Waals surface area contributed by atoms with Gasteiger partial charge in [0.15, 0.2) is 5.01 Å². The van der Waals surface area contributed by atoms with Crippen molar-refractivity contribution in [3.05, 3.63) is 73.7 Å². The molecule has 0 saturated heterocycles. The van der Waals surface area contributed by atoms with Crippen molar-refractivity contribution in [2.45, 2.75) is 57.5 Å². The largest absolute Gasteiger partial charge is 0.350 e. The van der Waals surface area contributed by atoms with E-state index in [1.165, 1.54) is 17.4 Å². The maximum absolute atomic E-state index is 14.2. The number of nitrogens with zero attached hydrogens (tertiary/aromatic N) is 2. The molecule has 6 rings (SSSR count). The van der Waals surface area contributed by atoms with Gasteiger partial charge in [-0.15, -0.1) is 11.3 Å². The van der Waals surface area contributed by atoms with E-state index in [0.29, 0.717) is 23.0 Å². The maximum Gasteiger partial charge on any atom is 0.280 e. The van der Waals surface area contributed by atoms with Gasteiger partial charge in [-0.05, 0) is 81.2 Å². The van der Waals surface area contributed by atoms with E-state index in [1.807, 2.05) is 29.7 Å². The number of hydrogen-bond donors (Lipinski definition) is 2. The first-order chi connectivity index (χ1) is 18.8. The molecule has 0 bridgehead atoms. The third-order valence-corrected chi connectivity index (χ3v) is 9.05. The molecule has 0 spiro atoms. The van der Waals surface area contributed by atoms with Crippen molar-refractivity contribution < 1.29 is 14.0 Å². The van der Waals surface area contributed by atoms with Crippen molar-refractivity contribution in [3.63, 3.8) is 0 Å². The Balaban J connectivity index is 1.07. The van der Waals surface area contributed by atoms with Gasteiger partial charge in [0.05, 0.1) is 20.8 Å². The van der Waals surface area contributed by atoms with Gasteiger partial charge in [0.2, 0.25) is 5.43 Å². The molecule has 7 nitrogen and oxygen atoms in total. The molecule has 2 aromatic heterocycles. The number of benzene rings is 2. The zero-order chi connectivity index (χ0) is 27.3. The number of carbonyl (C=O) groups is 2. The van der Waals surface area contributed by atoms with Crippen LogP contribution >= 0.6 is 22.9 Å². The second-order valence-electron chi connectivity index (χ2n) is 10.7. The van der Waals surface area contributed by atoms with E-state index >= 15 is 0 Å². The molecule has 2 aliphatic rings. The minimum absolute atomic E-state index is 0.0246. The van der Waals surface area contributed by atoms with Crippen LogP contribution in [0.25, 0.3) is 21.1 Å². The summed E-state index contributed by atoms with van der Waals surface area (Å²) in [5.41, 5.74) is 2.03. The number of fused-ring (bicyclic) bond motifs is 2. The fourth-order valence-electron chi connectivity index (χ4n) is 5.38. The molecule has 0 aliphatic heterocycles. The number of pyridine rings is 1. The molecule has 2 aromatic carbocycles. The lowest BCUT2D eigenvalue weighted by atomic mass is 9.86. The molecule has 0 radical (unpaired) electrons. The predicted octanol–water partition coefficient (Wildman–Crippen LogP) is 5.77. The highest BCUT2D eigenvalue weighted by atomic mass is 35.5. The Morgan fingerprint density at radius 3 is 2.62 bits per heavy atom. The Hall–Kier alpha value is -3.30. The smallest absolute Gasteiger partial charge is 0.280 e. The van der Waals surface area contributed by atoms with E-state index in [-0.39, 0.29) is 34.0 Å². The number of hydrogen-bond acceptors (Lipinski definition) is 5. The van der Waals surface area contributed by atoms with Gasteiger partial charge < -0.3 is 15.2 Å². The lowest BCUT2D eigenvalue weighted by molar-refractivity contribution is 0.0918. The normalized spacial score (nSPS) is 19.4. The number of nitrogens with one attached hydrogen (secondary N) is 2. The minimum atomic E-state index is -0.676. The number of halogens is 2. The number of amides is 2. The summed E-state index contributed by atoms with van der Waals surface area (Å²) < 4.78 is 17.1. The maximum atomic E-state index is 14.2. The van der Waals surface area contributed by atoms with Crippen LogP contribution in [0.5, 0.6) is 0 Å². The molecular weight excluding hydrogens is 539 g/mol. The molecule has 2 heterocycles. The molecule has 2 amide bonds. The third kappa shape index (κ3) is 5.30. The molecule has 0 unspecified atom stereocenters. The van der Waals surface area contributed by atoms with E-state index in [9.17, 15) is 18.8 Å². The lowest BCUT2D eigenvalue weighted by Crippen LogP contribution is -2.41. The SMILES string of the molecule is Cc1ccc2sc(C(=O)NCC3CCC(NC(=O)c4cn(C5CC5)c5cc(Cl)c(F)cc5c4=O)CC3)nc2c1. The molecule has 10 heteroatoms. The average Bonchev–Trinajstić information content (AvgIpc) is 3.67. The van der Waals surface area contributed by atoms with Crippen molar-refractivity contribution >= 4 is 55.9 Å². The van der Waals surface area contributed by atoms with E-state index in [2.05, 4.69) is 15.6 Å². The van der Waals surface area contributed by atoms with Gasteiger partial charge in [0.1, 0.15) is 11.4 Å². The molecule has 39 heavy (non-hydrogen) atoms. The summed E-state index contributed by atoms with van der Waals surface area (Å²) in [7, 11) is 0. The predicted molar refractivity (Wildman–Crippen MR) is 151 cm³/mol. The van der Waals surface area contributed by atoms with E-state index in [4.69, 9.17) is 11.6 Å². The Morgan fingerprint density at radius 1 is 1.10 bits per heavy atom. The van der Waals surface area contributed by atoms with Crippen LogP contribution in [-0.2, 0) is 0 Å². The van der Waals surface area contributed by atoms with Gasteiger partial charge >= 0.3 is 0 Å². The minimum Gasteiger partial charge on any atom is -0.350 e. The Bertz CT molecular complexity index is 1670. The topological polar surface area (TPSA) is 93.1 Å². The number of aromatic nitrogens is 2. The average molecular weight is 567 g/mol. The highest BCUT2D eigenvalue weighted by Gasteiger charge is 2.29. The number of carbonyl (C=O) groups excluding carboxylic acids is 2. The van der Waals surface area contributed by atoms with Gasteiger partial charge in [-0.2, -0.15) is 0 Å². The summed E-state index contributed by atoms with van der Waals surface area (Å²) >= 11 is 7.37. The first-order valence-corrected chi connectivity index (χ1v) is 14.5. The zero-order valence-corrected chi connectivity index (χ0v) is 23.0. The number of aryl methyl sites for hydroxylation is 1. The molecule has 2 aliphatic carbocycles. The summed E-state index contributed by atoms with van der Waals surface area (Å²) in [5.74, 6) is -0.969. The fraction of sp³-hybridized carbons (Fsp3) is 0.379. The van der Waals surface area contributed by atoms with Gasteiger partial charge in [-0.25, -0.2) is 9.37 Å². The Labute approximate surface area is 233 Å². The van der Waals surface area contributed by atoms with Crippen LogP contribution in [0.3, 0.4) is 0 Å². The first-order valence-electron chi connectivity index (χ1n) is 13.3. The molecule has 2 fully saturated rings. The summed E-state index contributed by atoms with van der Waals surface area (Å²) in [6.45, 7) is 2.56. The first kappa shape index (κ1) is 26.0. The summed E-state index contributed by atoms with van der Waals surface area (Å²) in [6, 6.07) is 8.68. The summed E-state index contributed by atoms with van der Waals surface area (Å²) in [4.78, 5) is 43.4. The molecular formula is C29H28ClFN4O3S. The van der Waals surface area contributed by atoms with Gasteiger partial charge in [-0.3, -0.25) is 14.4 Å². The number of thiazole rings is 1. The van der Waals surface area contributed by atoms with Crippen molar-refractivity contribution in [3.8, 4) is 0 Å². The van der Waals surface area contributed by atoms with Crippen LogP contribution < -0.4 is 16.1 Å². The van der Waals surface area contributed by atoms with E-state index < -0.39 is 17.2 Å². The van der Waals surface area contributed by atoms with E-state index in [1.54, 1.807) is 6.20 Å². The monoisotopic (exact) mass is 566 g/mol. The van der Waals surface area contributed by atoms with Gasteiger partial charge in [0.25, 0.3) is 11.8 Å². The molecule has 4 aromatic rings. The molecule has 0 atom stereocenters. The van der Waals surface area contributed by atoms with Crippen LogP contribution in [-0.4, -0.2) is 34.0 Å². The summed E-state index contributed by atoms with van der Waals surface area (Å²) in [5, 5.41) is 6.62. The van der Waals surface area contributed by atoms with Crippen molar-refractivity contribution in [2.75, 3.05) is 6.54 Å². The quantitative estimate of drug-likeness (QED) is 0.310. The Kier molecular flexibility index (Phi) is 6.89. The second-order valence-corrected chi connectivity index (χ2v) is 12.1. The Morgan fingerprint density at radius 2 is 1.87 bits per heavy atom. The van der Waals surface area contributed by atoms with Crippen LogP contribution in [0.2, 0.25) is 5.02 Å². The van der Waals surface area contributed by atoms with Crippen molar-refractivity contribution in [2.24, 2.45) is 5.92 Å². The molecule has 2 N–H and O–H groups in total. The second kappa shape index (κ2) is 10.4. The van der Waals surface area contributed by atoms with Crippen LogP contribution in [0.4, 0.5) is 4.39 Å². The highest BCUT2D eigenvalue weighted by Crippen LogP contribution is 2.37. The molecule has 202 valence electrons. The van der Waals surface area contributed by atoms with Crippen LogP contribution in [0.1, 0.15) is 70.3 Å². The van der Waals surface area contributed by atoms with Crippen LogP contribution in [0.15, 0.2) is 41.3 Å². The van der Waals surface area contributed by atoms with Gasteiger partial charge in [-0.1, -0.05) is 17.7 Å². The standard InChI is InChI=1S/C29H28ClFN4O3S/c1-15-2-9-25-23(10-15)34-29(39-25)28(38)32-13-16-3-5-17(6-4-16)33-27(37)20-14-35(18-7-8-18)24-12-21(30)22(31)11-19(24)26(20)36/h2,9-12,14,16-18H,3-8,13H2,1H3,(H,32,38)(H,33,37). The van der Waals surface area contributed by atoms with Crippen LogP contribution in [0, 0.1) is 18.7 Å². The number of rotatable bonds is 6. The van der Waals surface area contributed by atoms with E-state index in [0.717, 1.165) is 60.4 Å². The highest BCUT2D eigenvalue weighted by molar-refractivity contribution is 7.20. The fourth-order valence-corrected chi connectivity index (χ4v) is 6.40. The zero-order valence-electron chi connectivity index (χ0n) is 21.4. The summed E-state index contributed by atoms with van der Waals surface area (Å²) in [6.07, 6.45) is 6.66. The van der Waals surface area contributed by atoms with Gasteiger partial charge in [0, 0.05) is 30.2 Å². The molecule has 2 saturated carbocycles. The van der Waals surface area contributed by atoms with Crippen molar-refractivity contribution in [1.29, 1.82) is 0 Å².